The summed E-state index contributed by atoms with van der Waals surface area (Å²) >= 11 is 6.40. The van der Waals surface area contributed by atoms with E-state index in [0.717, 1.165) is 63.0 Å². The van der Waals surface area contributed by atoms with Gasteiger partial charge in [-0.15, -0.1) is 0 Å². The third-order valence-electron chi connectivity index (χ3n) is 6.87. The van der Waals surface area contributed by atoms with Gasteiger partial charge in [-0.25, -0.2) is 9.78 Å². The second-order valence-corrected chi connectivity index (χ2v) is 15.3. The molecule has 0 bridgehead atoms. The number of nitrogens with zero attached hydrogens (tertiary/aromatic N) is 4. The Hall–Kier alpha value is -2.35. The summed E-state index contributed by atoms with van der Waals surface area (Å²) in [4.78, 5) is 25.7. The van der Waals surface area contributed by atoms with Gasteiger partial charge in [-0.05, 0) is 71.4 Å². The number of amides is 1. The molecule has 0 spiro atoms. The van der Waals surface area contributed by atoms with E-state index in [2.05, 4.69) is 25.5 Å². The highest BCUT2D eigenvalue weighted by atomic mass is 35.5. The van der Waals surface area contributed by atoms with Crippen LogP contribution in [0.5, 0.6) is 0 Å². The Morgan fingerprint density at radius 1 is 1.16 bits per heavy atom. The molecule has 1 amide bonds. The van der Waals surface area contributed by atoms with E-state index in [1.165, 1.54) is 0 Å². The third-order valence-corrected chi connectivity index (χ3v) is 8.70. The lowest BCUT2D eigenvalue weighted by molar-refractivity contribution is 0.0172. The predicted octanol–water partition coefficient (Wildman–Crippen LogP) is 5.25. The van der Waals surface area contributed by atoms with Crippen molar-refractivity contribution in [2.45, 2.75) is 51.7 Å². The summed E-state index contributed by atoms with van der Waals surface area (Å²) in [5.74, 6) is 1.57. The monoisotopic (exact) mass is 562 g/mol. The Balaban J connectivity index is 1.29. The van der Waals surface area contributed by atoms with E-state index >= 15 is 0 Å². The van der Waals surface area contributed by atoms with Gasteiger partial charge in [-0.1, -0.05) is 23.7 Å². The Morgan fingerprint density at radius 3 is 2.55 bits per heavy atom. The largest absolute Gasteiger partial charge is 0.444 e. The molecule has 9 nitrogen and oxygen atoms in total. The number of nitrogens with one attached hydrogen (secondary N) is 2. The predicted molar refractivity (Wildman–Crippen MR) is 155 cm³/mol. The first-order valence-electron chi connectivity index (χ1n) is 13.3. The average Bonchev–Trinajstić information content (AvgIpc) is 3.27. The van der Waals surface area contributed by atoms with Crippen LogP contribution in [-0.4, -0.2) is 83.6 Å². The van der Waals surface area contributed by atoms with Crippen LogP contribution in [0, 0.1) is 5.92 Å². The number of carbonyl (C=O) groups excluding carboxylic acids is 1. The summed E-state index contributed by atoms with van der Waals surface area (Å²) in [5.41, 5.74) is 0.271. The van der Waals surface area contributed by atoms with Crippen LogP contribution in [0.2, 0.25) is 5.02 Å². The van der Waals surface area contributed by atoms with Crippen molar-refractivity contribution in [3.05, 3.63) is 35.5 Å². The van der Waals surface area contributed by atoms with Crippen molar-refractivity contribution in [3.8, 4) is 0 Å². The van der Waals surface area contributed by atoms with Crippen LogP contribution in [0.25, 0.3) is 0 Å². The second kappa shape index (κ2) is 11.8. The first kappa shape index (κ1) is 28.7. The molecule has 2 saturated heterocycles. The van der Waals surface area contributed by atoms with E-state index in [1.54, 1.807) is 19.5 Å². The number of para-hydroxylation sites is 1. The Morgan fingerprint density at radius 2 is 1.87 bits per heavy atom. The molecule has 11 heteroatoms. The number of rotatable bonds is 7. The maximum atomic E-state index is 12.7. The zero-order valence-corrected chi connectivity index (χ0v) is 24.7. The van der Waals surface area contributed by atoms with Crippen molar-refractivity contribution < 1.29 is 14.1 Å². The van der Waals surface area contributed by atoms with E-state index in [9.17, 15) is 9.36 Å². The molecule has 38 heavy (non-hydrogen) atoms. The van der Waals surface area contributed by atoms with Crippen LogP contribution in [0.4, 0.5) is 22.2 Å². The first-order valence-corrected chi connectivity index (χ1v) is 16.3. The van der Waals surface area contributed by atoms with Crippen molar-refractivity contribution in [2.24, 2.45) is 5.92 Å². The molecule has 2 N–H and O–H groups in total. The molecule has 208 valence electrons. The number of carbonyl (C=O) groups is 1. The maximum absolute atomic E-state index is 12.7. The van der Waals surface area contributed by atoms with E-state index in [4.69, 9.17) is 16.3 Å². The minimum atomic E-state index is -2.48. The van der Waals surface area contributed by atoms with E-state index < -0.39 is 12.7 Å². The van der Waals surface area contributed by atoms with Gasteiger partial charge in [0.15, 0.2) is 5.82 Å². The van der Waals surface area contributed by atoms with Crippen molar-refractivity contribution in [2.75, 3.05) is 56.7 Å². The van der Waals surface area contributed by atoms with Gasteiger partial charge in [0.05, 0.1) is 11.9 Å². The fourth-order valence-corrected chi connectivity index (χ4v) is 6.28. The van der Waals surface area contributed by atoms with Gasteiger partial charge < -0.3 is 29.7 Å². The summed E-state index contributed by atoms with van der Waals surface area (Å²) in [6.07, 6.45) is 4.37. The molecule has 1 atom stereocenters. The number of aromatic nitrogens is 2. The second-order valence-electron chi connectivity index (χ2n) is 11.7. The molecule has 2 aliphatic rings. The molecule has 4 rings (SSSR count). The van der Waals surface area contributed by atoms with Crippen LogP contribution < -0.4 is 15.9 Å². The zero-order valence-electron chi connectivity index (χ0n) is 23.0. The van der Waals surface area contributed by atoms with Gasteiger partial charge in [0.1, 0.15) is 17.8 Å². The number of piperidine rings is 1. The third kappa shape index (κ3) is 7.84. The molecule has 0 radical (unpaired) electrons. The zero-order chi connectivity index (χ0) is 27.5. The smallest absolute Gasteiger partial charge is 0.410 e. The van der Waals surface area contributed by atoms with Crippen LogP contribution in [0.1, 0.15) is 40.0 Å². The summed E-state index contributed by atoms with van der Waals surface area (Å²) in [7, 11) is -2.48. The number of hydrogen-bond donors (Lipinski definition) is 2. The molecular formula is C27H40ClN6O3P. The highest BCUT2D eigenvalue weighted by molar-refractivity contribution is 7.70. The summed E-state index contributed by atoms with van der Waals surface area (Å²) in [6.45, 7) is 13.6. The fraction of sp³-hybridized carbons (Fsp3) is 0.593. The standard InChI is InChI=1S/C27H40ClN6O3P/c1-27(2,3)37-26(35)34-14-10-19(11-15-34)17-33-13-12-20(18-33)30-25-29-16-21(28)24(32-25)31-22-8-6-7-9-23(22)38(4,5)36/h6-9,16,19-20H,10-15,17-18H2,1-5H3,(H2,29,30,31,32). The van der Waals surface area contributed by atoms with Gasteiger partial charge in [0, 0.05) is 44.1 Å². The van der Waals surface area contributed by atoms with Crippen LogP contribution in [-0.2, 0) is 9.30 Å². The molecule has 1 aromatic heterocycles. The fourth-order valence-electron chi connectivity index (χ4n) is 4.99. The van der Waals surface area contributed by atoms with Crippen molar-refractivity contribution >= 4 is 47.6 Å². The number of ether oxygens (including phenoxy) is 1. The molecule has 2 aromatic rings. The topological polar surface area (TPSA) is 99.7 Å². The molecule has 2 aliphatic heterocycles. The quantitative estimate of drug-likeness (QED) is 0.441. The number of benzene rings is 1. The van der Waals surface area contributed by atoms with E-state index in [1.807, 2.05) is 49.9 Å². The van der Waals surface area contributed by atoms with Gasteiger partial charge in [0.25, 0.3) is 0 Å². The van der Waals surface area contributed by atoms with Gasteiger partial charge in [-0.2, -0.15) is 4.98 Å². The molecule has 3 heterocycles. The number of anilines is 3. The van der Waals surface area contributed by atoms with Crippen molar-refractivity contribution in [1.29, 1.82) is 0 Å². The molecule has 0 saturated carbocycles. The maximum Gasteiger partial charge on any atom is 0.410 e. The Kier molecular flexibility index (Phi) is 8.90. The first-order chi connectivity index (χ1) is 17.9. The summed E-state index contributed by atoms with van der Waals surface area (Å²) in [5, 5.41) is 7.88. The number of halogens is 1. The van der Waals surface area contributed by atoms with Gasteiger partial charge >= 0.3 is 6.09 Å². The van der Waals surface area contributed by atoms with Crippen LogP contribution >= 0.6 is 18.7 Å². The molecule has 0 aliphatic carbocycles. The van der Waals surface area contributed by atoms with Crippen molar-refractivity contribution in [1.82, 2.24) is 19.8 Å². The minimum Gasteiger partial charge on any atom is -0.444 e. The van der Waals surface area contributed by atoms with Crippen LogP contribution in [0.3, 0.4) is 0 Å². The lowest BCUT2D eigenvalue weighted by Crippen LogP contribution is -2.43. The SMILES string of the molecule is CC(C)(C)OC(=O)N1CCC(CN2CCC(Nc3ncc(Cl)c(Nc4ccccc4P(C)(C)=O)n3)C2)CC1. The van der Waals surface area contributed by atoms with E-state index in [0.29, 0.717) is 22.7 Å². The Labute approximate surface area is 231 Å². The normalized spacial score (nSPS) is 19.4. The van der Waals surface area contributed by atoms with E-state index in [-0.39, 0.29) is 12.1 Å². The number of hydrogen-bond acceptors (Lipinski definition) is 8. The molecular weight excluding hydrogens is 523 g/mol. The highest BCUT2D eigenvalue weighted by Gasteiger charge is 2.30. The minimum absolute atomic E-state index is 0.208. The van der Waals surface area contributed by atoms with Crippen molar-refractivity contribution in [3.63, 3.8) is 0 Å². The van der Waals surface area contributed by atoms with Gasteiger partial charge in [-0.3, -0.25) is 0 Å². The lowest BCUT2D eigenvalue weighted by Gasteiger charge is -2.34. The van der Waals surface area contributed by atoms with Gasteiger partial charge in [0.2, 0.25) is 5.95 Å². The molecule has 1 aromatic carbocycles. The lowest BCUT2D eigenvalue weighted by atomic mass is 9.96. The van der Waals surface area contributed by atoms with Crippen LogP contribution in [0.15, 0.2) is 30.5 Å². The Bertz CT molecular complexity index is 1180. The summed E-state index contributed by atoms with van der Waals surface area (Å²) in [6, 6.07) is 7.76. The molecule has 1 unspecified atom stereocenters. The summed E-state index contributed by atoms with van der Waals surface area (Å²) < 4.78 is 18.3. The number of likely N-dealkylation sites (tertiary alicyclic amines) is 2. The highest BCUT2D eigenvalue weighted by Crippen LogP contribution is 2.38. The molecule has 2 fully saturated rings. The average molecular weight is 563 g/mol.